The van der Waals surface area contributed by atoms with E-state index in [9.17, 15) is 0 Å². The van der Waals surface area contributed by atoms with Crippen molar-refractivity contribution < 1.29 is 4.74 Å². The molecule has 0 spiro atoms. The summed E-state index contributed by atoms with van der Waals surface area (Å²) in [6, 6.07) is 13.7. The molecule has 0 bridgehead atoms. The Morgan fingerprint density at radius 1 is 1.05 bits per heavy atom. The van der Waals surface area contributed by atoms with E-state index in [4.69, 9.17) is 4.74 Å². The maximum absolute atomic E-state index is 5.95. The van der Waals surface area contributed by atoms with Crippen molar-refractivity contribution in [1.82, 2.24) is 10.2 Å². The van der Waals surface area contributed by atoms with Crippen LogP contribution >= 0.6 is 15.9 Å². The van der Waals surface area contributed by atoms with Crippen LogP contribution in [-0.2, 0) is 0 Å². The summed E-state index contributed by atoms with van der Waals surface area (Å²) in [5.74, 6) is 1.54. The molecule has 0 fully saturated rings. The van der Waals surface area contributed by atoms with Gasteiger partial charge in [-0.3, -0.25) is 0 Å². The maximum atomic E-state index is 5.95. The lowest BCUT2D eigenvalue weighted by molar-refractivity contribution is 0.481. The van der Waals surface area contributed by atoms with E-state index >= 15 is 0 Å². The van der Waals surface area contributed by atoms with Crippen LogP contribution in [-0.4, -0.2) is 10.2 Å². The Kier molecular flexibility index (Phi) is 3.17. The molecule has 3 rings (SSSR count). The quantitative estimate of drug-likeness (QED) is 0.699. The number of hydrogen-bond acceptors (Lipinski definition) is 3. The molecule has 0 aliphatic rings. The predicted octanol–water partition coefficient (Wildman–Crippen LogP) is 4.49. The van der Waals surface area contributed by atoms with Crippen LogP contribution in [0.25, 0.3) is 10.9 Å². The molecule has 0 unspecified atom stereocenters. The minimum Gasteiger partial charge on any atom is -0.455 e. The van der Waals surface area contributed by atoms with Crippen molar-refractivity contribution in [2.45, 2.75) is 6.92 Å². The smallest absolute Gasteiger partial charge is 0.157 e. The van der Waals surface area contributed by atoms with Gasteiger partial charge in [0, 0.05) is 9.86 Å². The van der Waals surface area contributed by atoms with E-state index in [2.05, 4.69) is 26.1 Å². The molecule has 0 saturated carbocycles. The second-order valence-electron chi connectivity index (χ2n) is 4.24. The third kappa shape index (κ3) is 2.44. The molecule has 0 aliphatic carbocycles. The molecule has 19 heavy (non-hydrogen) atoms. The first-order valence-electron chi connectivity index (χ1n) is 5.88. The van der Waals surface area contributed by atoms with Crippen LogP contribution in [0.5, 0.6) is 11.5 Å². The highest BCUT2D eigenvalue weighted by Crippen LogP contribution is 2.30. The summed E-state index contributed by atoms with van der Waals surface area (Å²) in [7, 11) is 0. The largest absolute Gasteiger partial charge is 0.455 e. The number of benzene rings is 2. The molecule has 0 aliphatic heterocycles. The molecule has 0 N–H and O–H groups in total. The van der Waals surface area contributed by atoms with E-state index in [-0.39, 0.29) is 0 Å². The summed E-state index contributed by atoms with van der Waals surface area (Å²) in [6.07, 6.45) is 1.64. The van der Waals surface area contributed by atoms with Crippen molar-refractivity contribution >= 4 is 26.8 Å². The standard InChI is InChI=1S/C15H11BrN2O/c1-10-8-11(16)6-7-14(10)19-15-9-17-18-13-5-3-2-4-12(13)15/h2-9H,1H3. The molecule has 0 saturated heterocycles. The van der Waals surface area contributed by atoms with E-state index in [1.165, 1.54) is 0 Å². The average Bonchev–Trinajstić information content (AvgIpc) is 2.42. The Morgan fingerprint density at radius 3 is 2.74 bits per heavy atom. The molecule has 0 atom stereocenters. The minimum absolute atomic E-state index is 0.719. The number of nitrogens with zero attached hydrogens (tertiary/aromatic N) is 2. The topological polar surface area (TPSA) is 35.0 Å². The highest BCUT2D eigenvalue weighted by Gasteiger charge is 2.06. The number of rotatable bonds is 2. The number of ether oxygens (including phenoxy) is 1. The van der Waals surface area contributed by atoms with Crippen molar-refractivity contribution in [3.8, 4) is 11.5 Å². The first-order valence-corrected chi connectivity index (χ1v) is 6.68. The Labute approximate surface area is 119 Å². The van der Waals surface area contributed by atoms with Crippen LogP contribution in [0.1, 0.15) is 5.56 Å². The summed E-state index contributed by atoms with van der Waals surface area (Å²) >= 11 is 3.44. The molecule has 3 aromatic rings. The number of aromatic nitrogens is 2. The Bertz CT molecular complexity index is 738. The predicted molar refractivity (Wildman–Crippen MR) is 78.5 cm³/mol. The van der Waals surface area contributed by atoms with Crippen LogP contribution in [0.3, 0.4) is 0 Å². The van der Waals surface area contributed by atoms with Crippen LogP contribution < -0.4 is 4.74 Å². The first-order chi connectivity index (χ1) is 9.24. The fraction of sp³-hybridized carbons (Fsp3) is 0.0667. The molecule has 4 heteroatoms. The van der Waals surface area contributed by atoms with E-state index in [1.54, 1.807) is 6.20 Å². The van der Waals surface area contributed by atoms with Gasteiger partial charge < -0.3 is 4.74 Å². The lowest BCUT2D eigenvalue weighted by Gasteiger charge is -2.10. The van der Waals surface area contributed by atoms with Crippen LogP contribution in [0, 0.1) is 6.92 Å². The summed E-state index contributed by atoms with van der Waals surface area (Å²) in [5.41, 5.74) is 1.89. The fourth-order valence-corrected chi connectivity index (χ4v) is 2.38. The Morgan fingerprint density at radius 2 is 1.89 bits per heavy atom. The second kappa shape index (κ2) is 4.97. The number of aryl methyl sites for hydroxylation is 1. The number of hydrogen-bond donors (Lipinski definition) is 0. The van der Waals surface area contributed by atoms with Crippen LogP contribution in [0.2, 0.25) is 0 Å². The summed E-state index contributed by atoms with van der Waals surface area (Å²) in [6.45, 7) is 2.01. The van der Waals surface area contributed by atoms with Gasteiger partial charge in [-0.15, -0.1) is 0 Å². The molecular formula is C15H11BrN2O. The van der Waals surface area contributed by atoms with Gasteiger partial charge in [-0.05, 0) is 42.8 Å². The molecule has 94 valence electrons. The number of halogens is 1. The van der Waals surface area contributed by atoms with Crippen molar-refractivity contribution in [2.24, 2.45) is 0 Å². The zero-order valence-corrected chi connectivity index (χ0v) is 11.9. The van der Waals surface area contributed by atoms with Crippen molar-refractivity contribution in [2.75, 3.05) is 0 Å². The van der Waals surface area contributed by atoms with Crippen LogP contribution in [0.4, 0.5) is 0 Å². The molecule has 0 amide bonds. The van der Waals surface area contributed by atoms with Gasteiger partial charge >= 0.3 is 0 Å². The van der Waals surface area contributed by atoms with Gasteiger partial charge in [-0.25, -0.2) is 0 Å². The monoisotopic (exact) mass is 314 g/mol. The summed E-state index contributed by atoms with van der Waals surface area (Å²) < 4.78 is 6.99. The SMILES string of the molecule is Cc1cc(Br)ccc1Oc1cnnc2ccccc12. The third-order valence-electron chi connectivity index (χ3n) is 2.87. The Hall–Kier alpha value is -1.94. The highest BCUT2D eigenvalue weighted by atomic mass is 79.9. The molecule has 1 aromatic heterocycles. The minimum atomic E-state index is 0.719. The molecule has 2 aromatic carbocycles. The molecule has 0 radical (unpaired) electrons. The van der Waals surface area contributed by atoms with E-state index in [1.807, 2.05) is 49.4 Å². The fourth-order valence-electron chi connectivity index (χ4n) is 1.91. The number of fused-ring (bicyclic) bond motifs is 1. The van der Waals surface area contributed by atoms with Gasteiger partial charge in [0.25, 0.3) is 0 Å². The van der Waals surface area contributed by atoms with Gasteiger partial charge in [-0.1, -0.05) is 28.1 Å². The van der Waals surface area contributed by atoms with Gasteiger partial charge in [-0.2, -0.15) is 10.2 Å². The zero-order valence-electron chi connectivity index (χ0n) is 10.3. The molecular weight excluding hydrogens is 304 g/mol. The average molecular weight is 315 g/mol. The maximum Gasteiger partial charge on any atom is 0.157 e. The lowest BCUT2D eigenvalue weighted by Crippen LogP contribution is -1.91. The Balaban J connectivity index is 2.06. The first kappa shape index (κ1) is 12.1. The van der Waals surface area contributed by atoms with E-state index in [0.29, 0.717) is 0 Å². The van der Waals surface area contributed by atoms with Crippen LogP contribution in [0.15, 0.2) is 53.1 Å². The van der Waals surface area contributed by atoms with Gasteiger partial charge in [0.1, 0.15) is 5.75 Å². The van der Waals surface area contributed by atoms with Gasteiger partial charge in [0.15, 0.2) is 5.75 Å². The van der Waals surface area contributed by atoms with E-state index in [0.717, 1.165) is 32.4 Å². The molecule has 3 nitrogen and oxygen atoms in total. The van der Waals surface area contributed by atoms with Crippen molar-refractivity contribution in [3.05, 3.63) is 58.7 Å². The van der Waals surface area contributed by atoms with E-state index < -0.39 is 0 Å². The van der Waals surface area contributed by atoms with Crippen molar-refractivity contribution in [1.29, 1.82) is 0 Å². The summed E-state index contributed by atoms with van der Waals surface area (Å²) in [5, 5.41) is 9.01. The normalized spacial score (nSPS) is 10.6. The van der Waals surface area contributed by atoms with Crippen molar-refractivity contribution in [3.63, 3.8) is 0 Å². The molecule has 1 heterocycles. The van der Waals surface area contributed by atoms with Gasteiger partial charge in [0.2, 0.25) is 0 Å². The lowest BCUT2D eigenvalue weighted by atomic mass is 10.2. The highest BCUT2D eigenvalue weighted by molar-refractivity contribution is 9.10. The second-order valence-corrected chi connectivity index (χ2v) is 5.15. The van der Waals surface area contributed by atoms with Gasteiger partial charge in [0.05, 0.1) is 11.7 Å². The third-order valence-corrected chi connectivity index (χ3v) is 3.36. The zero-order chi connectivity index (χ0) is 13.2. The summed E-state index contributed by atoms with van der Waals surface area (Å²) in [4.78, 5) is 0.